The highest BCUT2D eigenvalue weighted by Gasteiger charge is 2.44. The fraction of sp³-hybridized carbons (Fsp3) is 0.780. The van der Waals surface area contributed by atoms with Crippen LogP contribution in [0.3, 0.4) is 0 Å². The highest BCUT2D eigenvalue weighted by Crippen LogP contribution is 2.23. The number of aliphatic hydroxyl groups is 5. The Balaban J connectivity index is 2.02. The molecule has 7 atom stereocenters. The van der Waals surface area contributed by atoms with Gasteiger partial charge in [0.1, 0.15) is 24.4 Å². The third-order valence-electron chi connectivity index (χ3n) is 13.0. The van der Waals surface area contributed by atoms with Crippen molar-refractivity contribution >= 4 is 5.91 Å². The molecule has 0 radical (unpaired) electrons. The number of unbranched alkanes of at least 4 members (excludes halogenated alkanes) is 27. The summed E-state index contributed by atoms with van der Waals surface area (Å²) in [5.41, 5.74) is 0. The molecule has 9 nitrogen and oxygen atoms in total. The molecule has 9 heteroatoms. The van der Waals surface area contributed by atoms with Gasteiger partial charge in [0.05, 0.1) is 25.4 Å². The Morgan fingerprint density at radius 1 is 0.515 bits per heavy atom. The Hall–Kier alpha value is -2.37. The molecule has 1 amide bonds. The van der Waals surface area contributed by atoms with E-state index in [-0.39, 0.29) is 12.5 Å². The Kier molecular flexibility index (Phi) is 45.2. The summed E-state index contributed by atoms with van der Waals surface area (Å²) in [6, 6.07) is -0.802. The largest absolute Gasteiger partial charge is 0.394 e. The lowest BCUT2D eigenvalue weighted by Crippen LogP contribution is -2.60. The summed E-state index contributed by atoms with van der Waals surface area (Å²) in [4.78, 5) is 13.0. The maximum Gasteiger partial charge on any atom is 0.220 e. The first-order valence-corrected chi connectivity index (χ1v) is 28.2. The van der Waals surface area contributed by atoms with Crippen LogP contribution in [-0.4, -0.2) is 87.5 Å². The van der Waals surface area contributed by atoms with E-state index in [2.05, 4.69) is 79.9 Å². The number of ether oxygens (including phenoxy) is 2. The van der Waals surface area contributed by atoms with Crippen molar-refractivity contribution in [2.45, 2.75) is 281 Å². The van der Waals surface area contributed by atoms with Crippen molar-refractivity contribution in [2.75, 3.05) is 13.2 Å². The Morgan fingerprint density at radius 2 is 0.912 bits per heavy atom. The molecule has 0 aromatic carbocycles. The van der Waals surface area contributed by atoms with Crippen molar-refractivity contribution in [3.05, 3.63) is 72.9 Å². The van der Waals surface area contributed by atoms with Gasteiger partial charge < -0.3 is 40.3 Å². The summed E-state index contributed by atoms with van der Waals surface area (Å²) in [6.07, 6.45) is 60.1. The van der Waals surface area contributed by atoms with Crippen LogP contribution < -0.4 is 5.32 Å². The van der Waals surface area contributed by atoms with E-state index in [0.29, 0.717) is 6.42 Å². The first kappa shape index (κ1) is 63.6. The molecule has 1 fully saturated rings. The molecule has 0 aromatic heterocycles. The molecule has 1 aliphatic rings. The topological polar surface area (TPSA) is 149 Å². The van der Waals surface area contributed by atoms with Crippen molar-refractivity contribution in [1.82, 2.24) is 5.32 Å². The number of nitrogens with one attached hydrogen (secondary N) is 1. The molecule has 1 heterocycles. The van der Waals surface area contributed by atoms with Gasteiger partial charge in [0, 0.05) is 6.42 Å². The highest BCUT2D eigenvalue weighted by atomic mass is 16.7. The predicted molar refractivity (Wildman–Crippen MR) is 285 cm³/mol. The maximum absolute atomic E-state index is 13.0. The first-order chi connectivity index (χ1) is 33.3. The van der Waals surface area contributed by atoms with Gasteiger partial charge in [0.15, 0.2) is 6.29 Å². The predicted octanol–water partition coefficient (Wildman–Crippen LogP) is 13.7. The van der Waals surface area contributed by atoms with E-state index in [1.165, 1.54) is 148 Å². The van der Waals surface area contributed by atoms with Crippen LogP contribution in [0.5, 0.6) is 0 Å². The summed E-state index contributed by atoms with van der Waals surface area (Å²) in [6.45, 7) is 3.62. The van der Waals surface area contributed by atoms with Crippen LogP contribution in [0.2, 0.25) is 0 Å². The molecule has 0 bridgehead atoms. The molecule has 0 aromatic rings. The molecule has 7 unspecified atom stereocenters. The minimum Gasteiger partial charge on any atom is -0.394 e. The van der Waals surface area contributed by atoms with Crippen molar-refractivity contribution < 1.29 is 39.8 Å². The third kappa shape index (κ3) is 37.5. The SMILES string of the molecule is CC/C=C\C/C=C\C/C=C\C/C=C\C/C=C\CCCCCCCCCCCCCCCCCCCCCCCC(=O)NC(COC1OC(CO)C(O)C(O)C1O)C(O)/C=C/CCCCCCCC. The maximum atomic E-state index is 13.0. The number of hydrogen-bond donors (Lipinski definition) is 6. The summed E-state index contributed by atoms with van der Waals surface area (Å²) in [7, 11) is 0. The lowest BCUT2D eigenvalue weighted by molar-refractivity contribution is -0.302. The minimum atomic E-state index is -1.57. The molecule has 0 aliphatic carbocycles. The summed E-state index contributed by atoms with van der Waals surface area (Å²) < 4.78 is 11.2. The second-order valence-electron chi connectivity index (χ2n) is 19.4. The van der Waals surface area contributed by atoms with Crippen molar-refractivity contribution in [2.24, 2.45) is 0 Å². The van der Waals surface area contributed by atoms with E-state index in [0.717, 1.165) is 70.6 Å². The molecule has 1 rings (SSSR count). The first-order valence-electron chi connectivity index (χ1n) is 28.2. The number of hydrogen-bond acceptors (Lipinski definition) is 8. The van der Waals surface area contributed by atoms with Gasteiger partial charge in [-0.25, -0.2) is 0 Å². The van der Waals surface area contributed by atoms with Gasteiger partial charge in [0.25, 0.3) is 0 Å². The Morgan fingerprint density at radius 3 is 1.35 bits per heavy atom. The zero-order valence-electron chi connectivity index (χ0n) is 43.6. The van der Waals surface area contributed by atoms with E-state index in [4.69, 9.17) is 9.47 Å². The zero-order chi connectivity index (χ0) is 49.4. The third-order valence-corrected chi connectivity index (χ3v) is 13.0. The molecule has 1 aliphatic heterocycles. The van der Waals surface area contributed by atoms with E-state index >= 15 is 0 Å². The molecular formula is C59H105NO8. The van der Waals surface area contributed by atoms with Crippen LogP contribution in [0.4, 0.5) is 0 Å². The lowest BCUT2D eigenvalue weighted by atomic mass is 9.99. The molecule has 0 spiro atoms. The van der Waals surface area contributed by atoms with Crippen molar-refractivity contribution in [3.63, 3.8) is 0 Å². The van der Waals surface area contributed by atoms with Gasteiger partial charge in [-0.15, -0.1) is 0 Å². The van der Waals surface area contributed by atoms with E-state index in [1.807, 2.05) is 6.08 Å². The fourth-order valence-electron chi connectivity index (χ4n) is 8.60. The fourth-order valence-corrected chi connectivity index (χ4v) is 8.60. The number of rotatable bonds is 47. The quantitative estimate of drug-likeness (QED) is 0.0261. The van der Waals surface area contributed by atoms with Gasteiger partial charge in [0.2, 0.25) is 5.91 Å². The van der Waals surface area contributed by atoms with Gasteiger partial charge in [-0.05, 0) is 64.2 Å². The minimum absolute atomic E-state index is 0.179. The molecule has 1 saturated heterocycles. The second-order valence-corrected chi connectivity index (χ2v) is 19.4. The summed E-state index contributed by atoms with van der Waals surface area (Å²) in [5.74, 6) is -0.179. The smallest absolute Gasteiger partial charge is 0.220 e. The van der Waals surface area contributed by atoms with E-state index in [9.17, 15) is 30.3 Å². The number of allylic oxidation sites excluding steroid dienone is 11. The van der Waals surface area contributed by atoms with Crippen LogP contribution in [0, 0.1) is 0 Å². The van der Waals surface area contributed by atoms with Crippen LogP contribution in [0.15, 0.2) is 72.9 Å². The number of amides is 1. The van der Waals surface area contributed by atoms with Crippen LogP contribution in [0.25, 0.3) is 0 Å². The Labute approximate surface area is 417 Å². The lowest BCUT2D eigenvalue weighted by Gasteiger charge is -2.40. The average Bonchev–Trinajstić information content (AvgIpc) is 3.34. The molecule has 6 N–H and O–H groups in total. The van der Waals surface area contributed by atoms with Gasteiger partial charge in [-0.1, -0.05) is 241 Å². The zero-order valence-corrected chi connectivity index (χ0v) is 43.6. The monoisotopic (exact) mass is 956 g/mol. The van der Waals surface area contributed by atoms with Crippen molar-refractivity contribution in [1.29, 1.82) is 0 Å². The van der Waals surface area contributed by atoms with Crippen LogP contribution in [-0.2, 0) is 14.3 Å². The van der Waals surface area contributed by atoms with Gasteiger partial charge in [-0.2, -0.15) is 0 Å². The summed E-state index contributed by atoms with van der Waals surface area (Å²) in [5, 5.41) is 54.1. The van der Waals surface area contributed by atoms with Gasteiger partial charge in [-0.3, -0.25) is 4.79 Å². The molecule has 394 valence electrons. The van der Waals surface area contributed by atoms with Crippen LogP contribution >= 0.6 is 0 Å². The van der Waals surface area contributed by atoms with Gasteiger partial charge >= 0.3 is 0 Å². The number of carbonyl (C=O) groups excluding carboxylic acids is 1. The molecule has 68 heavy (non-hydrogen) atoms. The van der Waals surface area contributed by atoms with E-state index < -0.39 is 49.5 Å². The van der Waals surface area contributed by atoms with Crippen molar-refractivity contribution in [3.8, 4) is 0 Å². The average molecular weight is 956 g/mol. The highest BCUT2D eigenvalue weighted by molar-refractivity contribution is 5.76. The number of carbonyl (C=O) groups is 1. The summed E-state index contributed by atoms with van der Waals surface area (Å²) >= 11 is 0. The standard InChI is InChI=1S/C59H105NO8/c1-3-5-7-9-11-13-14-15-16-17-18-19-20-21-22-23-24-25-26-27-28-29-30-31-32-33-34-35-36-37-38-39-40-41-43-45-47-49-55(63)60-52(53(62)48-46-44-42-12-10-8-6-4-2)51-67-59-58(66)57(65)56(64)54(50-61)68-59/h5,7,11,13,15-16,18-19,21-22,46,48,52-54,56-59,61-62,64-66H,3-4,6,8-10,12,14,17,20,23-45,47,49-51H2,1-2H3,(H,60,63)/b7-5-,13-11-,16-15-,19-18-,22-21-,48-46+. The normalized spacial score (nSPS) is 20.1. The Bertz CT molecular complexity index is 1290. The molecule has 0 saturated carbocycles. The van der Waals surface area contributed by atoms with E-state index in [1.54, 1.807) is 6.08 Å². The number of aliphatic hydroxyl groups excluding tert-OH is 5. The molecular weight excluding hydrogens is 851 g/mol. The second kappa shape index (κ2) is 48.3. The van der Waals surface area contributed by atoms with Crippen LogP contribution in [0.1, 0.15) is 239 Å².